The fourth-order valence-corrected chi connectivity index (χ4v) is 0.683. The summed E-state index contributed by atoms with van der Waals surface area (Å²) in [7, 11) is 0. The van der Waals surface area contributed by atoms with Crippen molar-refractivity contribution in [1.82, 2.24) is 15.0 Å². The van der Waals surface area contributed by atoms with Gasteiger partial charge in [0, 0.05) is 6.54 Å². The van der Waals surface area contributed by atoms with Crippen LogP contribution in [0.15, 0.2) is 24.1 Å². The van der Waals surface area contributed by atoms with Gasteiger partial charge in [0.2, 0.25) is 5.95 Å². The van der Waals surface area contributed by atoms with E-state index < -0.39 is 0 Å². The summed E-state index contributed by atoms with van der Waals surface area (Å²) in [6, 6.07) is 0. The molecule has 0 amide bonds. The van der Waals surface area contributed by atoms with Crippen LogP contribution >= 0.6 is 12.6 Å². The second-order valence-corrected chi connectivity index (χ2v) is 2.18. The van der Waals surface area contributed by atoms with E-state index in [1.807, 2.05) is 0 Å². The third-order valence-corrected chi connectivity index (χ3v) is 1.18. The monoisotopic (exact) mass is 168 g/mol. The maximum absolute atomic E-state index is 3.95. The number of hydrogen-bond donors (Lipinski definition) is 2. The van der Waals surface area contributed by atoms with E-state index in [2.05, 4.69) is 39.5 Å². The van der Waals surface area contributed by atoms with Crippen molar-refractivity contribution < 1.29 is 0 Å². The summed E-state index contributed by atoms with van der Waals surface area (Å²) in [5.41, 5.74) is 0. The summed E-state index contributed by atoms with van der Waals surface area (Å²) in [6.07, 6.45) is 3.13. The largest absolute Gasteiger partial charge is 0.351 e. The van der Waals surface area contributed by atoms with Gasteiger partial charge in [-0.25, -0.2) is 9.97 Å². The molecule has 0 atom stereocenters. The number of nitrogens with zero attached hydrogens (tertiary/aromatic N) is 3. The van der Waals surface area contributed by atoms with Gasteiger partial charge in [-0.1, -0.05) is 6.08 Å². The molecule has 0 aliphatic rings. The van der Waals surface area contributed by atoms with Gasteiger partial charge >= 0.3 is 0 Å². The van der Waals surface area contributed by atoms with Crippen LogP contribution in [-0.2, 0) is 0 Å². The number of anilines is 1. The van der Waals surface area contributed by atoms with Crippen LogP contribution < -0.4 is 5.32 Å². The van der Waals surface area contributed by atoms with Crippen molar-refractivity contribution in [2.75, 3.05) is 11.9 Å². The summed E-state index contributed by atoms with van der Waals surface area (Å²) in [5.74, 6) is 0.518. The first-order valence-electron chi connectivity index (χ1n) is 3.05. The van der Waals surface area contributed by atoms with Crippen LogP contribution in [0.2, 0.25) is 0 Å². The van der Waals surface area contributed by atoms with Crippen molar-refractivity contribution in [3.63, 3.8) is 0 Å². The normalized spacial score (nSPS) is 9.18. The van der Waals surface area contributed by atoms with Gasteiger partial charge in [-0.15, -0.1) is 19.2 Å². The Kier molecular flexibility index (Phi) is 2.85. The fraction of sp³-hybridized carbons (Fsp3) is 0.167. The molecule has 0 bridgehead atoms. The molecule has 0 radical (unpaired) electrons. The predicted molar refractivity (Wildman–Crippen MR) is 45.8 cm³/mol. The molecule has 0 aliphatic heterocycles. The molecule has 1 N–H and O–H groups in total. The van der Waals surface area contributed by atoms with E-state index in [9.17, 15) is 0 Å². The molecule has 0 saturated carbocycles. The average molecular weight is 168 g/mol. The molecule has 4 nitrogen and oxygen atoms in total. The van der Waals surface area contributed by atoms with Gasteiger partial charge in [0.05, 0.1) is 0 Å². The molecule has 0 unspecified atom stereocenters. The minimum Gasteiger partial charge on any atom is -0.351 e. The van der Waals surface area contributed by atoms with Gasteiger partial charge in [-0.05, 0) is 0 Å². The molecule has 1 heterocycles. The number of hydrogen-bond acceptors (Lipinski definition) is 5. The van der Waals surface area contributed by atoms with Crippen LogP contribution in [0.3, 0.4) is 0 Å². The maximum atomic E-state index is 3.95. The molecular formula is C6H8N4S. The number of aromatic nitrogens is 3. The lowest BCUT2D eigenvalue weighted by Crippen LogP contribution is -2.03. The lowest BCUT2D eigenvalue weighted by molar-refractivity contribution is 0.908. The van der Waals surface area contributed by atoms with E-state index in [1.54, 1.807) is 6.08 Å². The second-order valence-electron chi connectivity index (χ2n) is 1.78. The van der Waals surface area contributed by atoms with Gasteiger partial charge in [0.1, 0.15) is 6.33 Å². The third-order valence-electron chi connectivity index (χ3n) is 0.964. The first-order valence-corrected chi connectivity index (χ1v) is 3.50. The summed E-state index contributed by atoms with van der Waals surface area (Å²) >= 11 is 3.95. The van der Waals surface area contributed by atoms with Crippen molar-refractivity contribution >= 4 is 18.6 Å². The zero-order chi connectivity index (χ0) is 8.10. The molecule has 11 heavy (non-hydrogen) atoms. The molecule has 1 aromatic rings. The molecule has 5 heteroatoms. The quantitative estimate of drug-likeness (QED) is 0.516. The summed E-state index contributed by atoms with van der Waals surface area (Å²) in [6.45, 7) is 4.18. The van der Waals surface area contributed by atoms with Gasteiger partial charge in [0.15, 0.2) is 5.16 Å². The average Bonchev–Trinajstić information content (AvgIpc) is 2.01. The zero-order valence-electron chi connectivity index (χ0n) is 5.86. The fourth-order valence-electron chi connectivity index (χ4n) is 0.536. The minimum atomic E-state index is 0.409. The first-order chi connectivity index (χ1) is 5.33. The highest BCUT2D eigenvalue weighted by Gasteiger charge is 1.92. The van der Waals surface area contributed by atoms with Crippen molar-refractivity contribution in [2.45, 2.75) is 5.16 Å². The van der Waals surface area contributed by atoms with Crippen molar-refractivity contribution in [2.24, 2.45) is 0 Å². The van der Waals surface area contributed by atoms with Crippen LogP contribution in [0.25, 0.3) is 0 Å². The lowest BCUT2D eigenvalue weighted by atomic mass is 10.6. The lowest BCUT2D eigenvalue weighted by Gasteiger charge is -1.98. The van der Waals surface area contributed by atoms with Gasteiger partial charge in [-0.2, -0.15) is 4.98 Å². The molecule has 58 valence electrons. The van der Waals surface area contributed by atoms with E-state index in [-0.39, 0.29) is 0 Å². The zero-order valence-corrected chi connectivity index (χ0v) is 6.75. The standard InChI is InChI=1S/C6H8N4S/c1-2-3-7-5-8-4-9-6(11)10-5/h2,4H,1,3H2,(H2,7,8,9,10,11). The highest BCUT2D eigenvalue weighted by molar-refractivity contribution is 7.80. The van der Waals surface area contributed by atoms with Crippen LogP contribution in [0, 0.1) is 0 Å². The van der Waals surface area contributed by atoms with E-state index in [4.69, 9.17) is 0 Å². The minimum absolute atomic E-state index is 0.409. The van der Waals surface area contributed by atoms with Crippen molar-refractivity contribution in [3.8, 4) is 0 Å². The van der Waals surface area contributed by atoms with Gasteiger partial charge < -0.3 is 5.32 Å². The Labute approximate surface area is 70.2 Å². The molecule has 0 fully saturated rings. The molecule has 0 aliphatic carbocycles. The van der Waals surface area contributed by atoms with Crippen molar-refractivity contribution in [1.29, 1.82) is 0 Å². The highest BCUT2D eigenvalue weighted by Crippen LogP contribution is 1.98. The summed E-state index contributed by atoms with van der Waals surface area (Å²) in [5, 5.41) is 3.31. The Hall–Kier alpha value is -1.10. The summed E-state index contributed by atoms with van der Waals surface area (Å²) < 4.78 is 0. The maximum Gasteiger partial charge on any atom is 0.226 e. The van der Waals surface area contributed by atoms with Gasteiger partial charge in [0.25, 0.3) is 0 Å². The smallest absolute Gasteiger partial charge is 0.226 e. The molecule has 0 saturated heterocycles. The number of rotatable bonds is 3. The van der Waals surface area contributed by atoms with E-state index in [0.717, 1.165) is 0 Å². The second kappa shape index (κ2) is 3.92. The highest BCUT2D eigenvalue weighted by atomic mass is 32.1. The SMILES string of the molecule is C=CCNc1ncnc(S)n1. The Balaban J connectivity index is 2.63. The Morgan fingerprint density at radius 2 is 2.45 bits per heavy atom. The number of thiol groups is 1. The molecule has 1 rings (SSSR count). The Morgan fingerprint density at radius 1 is 1.64 bits per heavy atom. The van der Waals surface area contributed by atoms with Crippen LogP contribution in [-0.4, -0.2) is 21.5 Å². The summed E-state index contributed by atoms with van der Waals surface area (Å²) in [4.78, 5) is 11.5. The van der Waals surface area contributed by atoms with Crippen LogP contribution in [0.5, 0.6) is 0 Å². The Morgan fingerprint density at radius 3 is 3.09 bits per heavy atom. The first kappa shape index (κ1) is 8.00. The van der Waals surface area contributed by atoms with E-state index in [0.29, 0.717) is 17.6 Å². The predicted octanol–water partition coefficient (Wildman–Crippen LogP) is 0.758. The third kappa shape index (κ3) is 2.55. The van der Waals surface area contributed by atoms with E-state index in [1.165, 1.54) is 6.33 Å². The van der Waals surface area contributed by atoms with Crippen LogP contribution in [0.1, 0.15) is 0 Å². The molecule has 0 spiro atoms. The van der Waals surface area contributed by atoms with E-state index >= 15 is 0 Å². The topological polar surface area (TPSA) is 50.7 Å². The number of nitrogens with one attached hydrogen (secondary N) is 1. The molecule has 1 aromatic heterocycles. The van der Waals surface area contributed by atoms with Gasteiger partial charge in [-0.3, -0.25) is 0 Å². The Bertz CT molecular complexity index is 250. The van der Waals surface area contributed by atoms with Crippen molar-refractivity contribution in [3.05, 3.63) is 19.0 Å². The molecular weight excluding hydrogens is 160 g/mol. The molecule has 0 aromatic carbocycles. The van der Waals surface area contributed by atoms with Crippen LogP contribution in [0.4, 0.5) is 5.95 Å².